The number of rotatable bonds is 15. The van der Waals surface area contributed by atoms with Gasteiger partial charge in [-0.1, -0.05) is 42.0 Å². The summed E-state index contributed by atoms with van der Waals surface area (Å²) in [6.45, 7) is 6.87. The minimum absolute atomic E-state index is 0.0641. The average molecular weight is 578 g/mol. The Kier molecular flexibility index (Phi) is 12.1. The van der Waals surface area contributed by atoms with E-state index in [-0.39, 0.29) is 24.3 Å². The zero-order chi connectivity index (χ0) is 29.9. The Balaban J connectivity index is 1.80. The number of carboxylic acid groups (broad SMARTS) is 2. The smallest absolute Gasteiger partial charge is 0.408 e. The molecule has 0 saturated carbocycles. The Labute approximate surface area is 235 Å². The molecule has 2 atom stereocenters. The third-order valence-electron chi connectivity index (χ3n) is 6.06. The van der Waals surface area contributed by atoms with Crippen molar-refractivity contribution in [2.24, 2.45) is 5.92 Å². The first kappa shape index (κ1) is 32.8. The van der Waals surface area contributed by atoms with Crippen LogP contribution in [0.1, 0.15) is 63.1 Å². The fraction of sp³-hybridized carbons (Fsp3) is 0.483. The SMILES string of the molecule is Cc1ccc(S(=O)(=O)OCCCc2ccc(CCC[C@@H](C[C@@H](NC(=O)OC(C)(C)C)C(=O)O)C(=O)O)cc2)cc1. The zero-order valence-electron chi connectivity index (χ0n) is 23.4. The summed E-state index contributed by atoms with van der Waals surface area (Å²) < 4.78 is 34.8. The first-order chi connectivity index (χ1) is 18.7. The minimum Gasteiger partial charge on any atom is -0.481 e. The molecule has 0 bridgehead atoms. The van der Waals surface area contributed by atoms with Crippen LogP contribution in [0.2, 0.25) is 0 Å². The van der Waals surface area contributed by atoms with Crippen LogP contribution in [-0.2, 0) is 41.5 Å². The Morgan fingerprint density at radius 2 is 1.43 bits per heavy atom. The van der Waals surface area contributed by atoms with E-state index in [1.54, 1.807) is 32.9 Å². The number of aliphatic carboxylic acids is 2. The number of carbonyl (C=O) groups excluding carboxylic acids is 1. The highest BCUT2D eigenvalue weighted by Crippen LogP contribution is 2.19. The predicted octanol–water partition coefficient (Wildman–Crippen LogP) is 4.72. The number of hydrogen-bond donors (Lipinski definition) is 3. The highest BCUT2D eigenvalue weighted by Gasteiger charge is 2.29. The van der Waals surface area contributed by atoms with E-state index in [0.29, 0.717) is 25.7 Å². The maximum absolute atomic E-state index is 12.3. The van der Waals surface area contributed by atoms with Crippen LogP contribution in [0.15, 0.2) is 53.4 Å². The summed E-state index contributed by atoms with van der Waals surface area (Å²) >= 11 is 0. The third-order valence-corrected chi connectivity index (χ3v) is 7.38. The van der Waals surface area contributed by atoms with Gasteiger partial charge in [0.1, 0.15) is 11.6 Å². The van der Waals surface area contributed by atoms with Crippen LogP contribution >= 0.6 is 0 Å². The van der Waals surface area contributed by atoms with E-state index in [4.69, 9.17) is 8.92 Å². The molecule has 0 radical (unpaired) electrons. The van der Waals surface area contributed by atoms with Crippen LogP contribution in [0, 0.1) is 12.8 Å². The quantitative estimate of drug-likeness (QED) is 0.201. The molecule has 2 aromatic rings. The van der Waals surface area contributed by atoms with Gasteiger partial charge in [0.15, 0.2) is 0 Å². The Morgan fingerprint density at radius 1 is 0.875 bits per heavy atom. The molecule has 0 aliphatic carbocycles. The highest BCUT2D eigenvalue weighted by molar-refractivity contribution is 7.86. The van der Waals surface area contributed by atoms with Gasteiger partial charge in [0.25, 0.3) is 10.1 Å². The van der Waals surface area contributed by atoms with Gasteiger partial charge >= 0.3 is 18.0 Å². The van der Waals surface area contributed by atoms with Gasteiger partial charge in [0.05, 0.1) is 17.4 Å². The highest BCUT2D eigenvalue weighted by atomic mass is 32.2. The lowest BCUT2D eigenvalue weighted by molar-refractivity contribution is -0.144. The lowest BCUT2D eigenvalue weighted by atomic mass is 9.93. The zero-order valence-corrected chi connectivity index (χ0v) is 24.2. The van der Waals surface area contributed by atoms with Crippen molar-refractivity contribution in [3.8, 4) is 0 Å². The van der Waals surface area contributed by atoms with E-state index in [2.05, 4.69) is 5.32 Å². The maximum Gasteiger partial charge on any atom is 0.408 e. The molecule has 0 heterocycles. The van der Waals surface area contributed by atoms with Gasteiger partial charge in [-0.15, -0.1) is 0 Å². The molecular formula is C29H39NO9S. The first-order valence-corrected chi connectivity index (χ1v) is 14.6. The number of ether oxygens (including phenoxy) is 1. The van der Waals surface area contributed by atoms with Crippen molar-refractivity contribution in [1.82, 2.24) is 5.32 Å². The largest absolute Gasteiger partial charge is 0.481 e. The fourth-order valence-corrected chi connectivity index (χ4v) is 4.88. The second-order valence-corrected chi connectivity index (χ2v) is 12.3. The maximum atomic E-state index is 12.3. The molecule has 3 N–H and O–H groups in total. The van der Waals surface area contributed by atoms with Crippen LogP contribution in [0.3, 0.4) is 0 Å². The summed E-state index contributed by atoms with van der Waals surface area (Å²) in [5.74, 6) is -3.41. The molecule has 1 amide bonds. The summed E-state index contributed by atoms with van der Waals surface area (Å²) in [5, 5.41) is 21.3. The first-order valence-electron chi connectivity index (χ1n) is 13.2. The Bertz CT molecular complexity index is 1230. The second kappa shape index (κ2) is 14.8. The molecule has 0 aliphatic rings. The number of aryl methyl sites for hydroxylation is 3. The van der Waals surface area contributed by atoms with Gasteiger partial charge < -0.3 is 20.3 Å². The van der Waals surface area contributed by atoms with E-state index in [0.717, 1.165) is 16.7 Å². The number of nitrogens with one attached hydrogen (secondary N) is 1. The van der Waals surface area contributed by atoms with Gasteiger partial charge in [0, 0.05) is 0 Å². The van der Waals surface area contributed by atoms with Gasteiger partial charge in [0.2, 0.25) is 0 Å². The number of amides is 1. The molecule has 2 aromatic carbocycles. The molecular weight excluding hydrogens is 538 g/mol. The van der Waals surface area contributed by atoms with Crippen molar-refractivity contribution in [3.05, 3.63) is 65.2 Å². The van der Waals surface area contributed by atoms with Crippen LogP contribution in [0.5, 0.6) is 0 Å². The summed E-state index contributed by atoms with van der Waals surface area (Å²) in [5.41, 5.74) is 2.16. The summed E-state index contributed by atoms with van der Waals surface area (Å²) in [6.07, 6.45) is 1.33. The lowest BCUT2D eigenvalue weighted by Crippen LogP contribution is -2.45. The summed E-state index contributed by atoms with van der Waals surface area (Å²) in [4.78, 5) is 35.5. The molecule has 0 saturated heterocycles. The molecule has 10 nitrogen and oxygen atoms in total. The number of hydrogen-bond acceptors (Lipinski definition) is 7. The topological polar surface area (TPSA) is 156 Å². The van der Waals surface area contributed by atoms with E-state index in [1.807, 2.05) is 31.2 Å². The fourth-order valence-electron chi connectivity index (χ4n) is 3.94. The molecule has 2 rings (SSSR count). The van der Waals surface area contributed by atoms with Gasteiger partial charge in [-0.05, 0) is 89.5 Å². The van der Waals surface area contributed by atoms with Crippen LogP contribution in [-0.4, -0.2) is 54.9 Å². The monoisotopic (exact) mass is 577 g/mol. The number of carbonyl (C=O) groups is 3. The molecule has 40 heavy (non-hydrogen) atoms. The van der Waals surface area contributed by atoms with Gasteiger partial charge in [-0.2, -0.15) is 8.42 Å². The van der Waals surface area contributed by atoms with Crippen LogP contribution < -0.4 is 5.32 Å². The van der Waals surface area contributed by atoms with Crippen molar-refractivity contribution < 1.29 is 41.9 Å². The number of carboxylic acids is 2. The molecule has 0 aliphatic heterocycles. The molecule has 0 unspecified atom stereocenters. The summed E-state index contributed by atoms with van der Waals surface area (Å²) in [7, 11) is -3.79. The molecule has 0 spiro atoms. The standard InChI is InChI=1S/C29H39NO9S/c1-20-10-16-24(17-11-20)40(36,37)38-18-6-8-22-14-12-21(13-15-22)7-5-9-23(26(31)32)19-25(27(33)34)30-28(35)39-29(2,3)4/h10-17,23,25H,5-9,18-19H2,1-4H3,(H,30,35)(H,31,32)(H,33,34)/t23-,25+/m0/s1. The van der Waals surface area contributed by atoms with E-state index in [9.17, 15) is 33.0 Å². The van der Waals surface area contributed by atoms with E-state index in [1.165, 1.54) is 12.1 Å². The van der Waals surface area contributed by atoms with E-state index < -0.39 is 45.7 Å². The van der Waals surface area contributed by atoms with Crippen molar-refractivity contribution in [3.63, 3.8) is 0 Å². The predicted molar refractivity (Wildman–Crippen MR) is 149 cm³/mol. The Hall–Kier alpha value is -3.44. The Morgan fingerprint density at radius 3 is 1.93 bits per heavy atom. The molecule has 11 heteroatoms. The van der Waals surface area contributed by atoms with Crippen molar-refractivity contribution in [2.45, 2.75) is 82.8 Å². The lowest BCUT2D eigenvalue weighted by Gasteiger charge is -2.23. The summed E-state index contributed by atoms with van der Waals surface area (Å²) in [6, 6.07) is 12.8. The molecule has 220 valence electrons. The number of benzene rings is 2. The van der Waals surface area contributed by atoms with Gasteiger partial charge in [-0.25, -0.2) is 9.59 Å². The normalized spacial score (nSPS) is 13.3. The number of alkyl carbamates (subject to hydrolysis) is 1. The van der Waals surface area contributed by atoms with Crippen molar-refractivity contribution in [1.29, 1.82) is 0 Å². The van der Waals surface area contributed by atoms with Crippen LogP contribution in [0.4, 0.5) is 4.79 Å². The molecule has 0 aromatic heterocycles. The van der Waals surface area contributed by atoms with Crippen molar-refractivity contribution >= 4 is 28.1 Å². The van der Waals surface area contributed by atoms with Crippen LogP contribution in [0.25, 0.3) is 0 Å². The minimum atomic E-state index is -3.79. The molecule has 0 fully saturated rings. The average Bonchev–Trinajstić information content (AvgIpc) is 2.85. The second-order valence-electron chi connectivity index (χ2n) is 10.7. The van der Waals surface area contributed by atoms with Gasteiger partial charge in [-0.3, -0.25) is 8.98 Å². The van der Waals surface area contributed by atoms with E-state index >= 15 is 0 Å². The van der Waals surface area contributed by atoms with Crippen molar-refractivity contribution in [2.75, 3.05) is 6.61 Å². The third kappa shape index (κ3) is 11.7.